The fourth-order valence-corrected chi connectivity index (χ4v) is 3.88. The SMILES string of the molecule is COc1ccc(C2(CNC(=O)c3ccc(C(N)=O)cc3)CCCCC2)cc1. The predicted octanol–water partition coefficient (Wildman–Crippen LogP) is 3.43. The number of nitrogens with two attached hydrogens (primary N) is 1. The van der Waals surface area contributed by atoms with Crippen LogP contribution in [0.15, 0.2) is 48.5 Å². The average Bonchev–Trinajstić information content (AvgIpc) is 2.73. The molecule has 1 saturated carbocycles. The maximum absolute atomic E-state index is 12.6. The molecule has 1 fully saturated rings. The standard InChI is InChI=1S/C22H26N2O3/c1-27-19-11-9-18(10-12-19)22(13-3-2-4-14-22)15-24-21(26)17-7-5-16(6-8-17)20(23)25/h5-12H,2-4,13-15H2,1H3,(H2,23,25)(H,24,26). The van der Waals surface area contributed by atoms with E-state index < -0.39 is 5.91 Å². The van der Waals surface area contributed by atoms with E-state index >= 15 is 0 Å². The minimum absolute atomic E-state index is 0.0483. The third kappa shape index (κ3) is 4.30. The van der Waals surface area contributed by atoms with E-state index in [2.05, 4.69) is 17.4 Å². The lowest BCUT2D eigenvalue weighted by Gasteiger charge is -2.38. The zero-order valence-corrected chi connectivity index (χ0v) is 15.7. The number of nitrogens with one attached hydrogen (secondary N) is 1. The van der Waals surface area contributed by atoms with Gasteiger partial charge < -0.3 is 15.8 Å². The van der Waals surface area contributed by atoms with Gasteiger partial charge in [-0.25, -0.2) is 0 Å². The summed E-state index contributed by atoms with van der Waals surface area (Å²) in [6.07, 6.45) is 5.67. The normalized spacial score (nSPS) is 15.7. The lowest BCUT2D eigenvalue weighted by Crippen LogP contribution is -2.42. The van der Waals surface area contributed by atoms with Crippen LogP contribution >= 0.6 is 0 Å². The molecule has 3 rings (SSSR count). The Morgan fingerprint density at radius 2 is 1.56 bits per heavy atom. The van der Waals surface area contributed by atoms with Crippen LogP contribution in [0.3, 0.4) is 0 Å². The van der Waals surface area contributed by atoms with Gasteiger partial charge in [-0.15, -0.1) is 0 Å². The van der Waals surface area contributed by atoms with Gasteiger partial charge in [0.05, 0.1) is 7.11 Å². The summed E-state index contributed by atoms with van der Waals surface area (Å²) in [4.78, 5) is 23.8. The highest BCUT2D eigenvalue weighted by atomic mass is 16.5. The van der Waals surface area contributed by atoms with Gasteiger partial charge in [-0.1, -0.05) is 31.4 Å². The van der Waals surface area contributed by atoms with E-state index in [4.69, 9.17) is 10.5 Å². The minimum Gasteiger partial charge on any atom is -0.497 e. The molecule has 2 amide bonds. The quantitative estimate of drug-likeness (QED) is 0.822. The van der Waals surface area contributed by atoms with E-state index in [-0.39, 0.29) is 11.3 Å². The summed E-state index contributed by atoms with van der Waals surface area (Å²) in [5, 5.41) is 3.10. The molecule has 1 aliphatic rings. The third-order valence-corrected chi connectivity index (χ3v) is 5.53. The summed E-state index contributed by atoms with van der Waals surface area (Å²) in [5.41, 5.74) is 7.37. The molecule has 0 unspecified atom stereocenters. The van der Waals surface area contributed by atoms with Crippen LogP contribution in [0.2, 0.25) is 0 Å². The highest BCUT2D eigenvalue weighted by Gasteiger charge is 2.34. The number of methoxy groups -OCH3 is 1. The Kier molecular flexibility index (Phi) is 5.79. The first-order valence-corrected chi connectivity index (χ1v) is 9.37. The number of amides is 2. The van der Waals surface area contributed by atoms with Crippen molar-refractivity contribution >= 4 is 11.8 Å². The van der Waals surface area contributed by atoms with Crippen LogP contribution in [-0.2, 0) is 5.41 Å². The van der Waals surface area contributed by atoms with Gasteiger partial charge >= 0.3 is 0 Å². The fraction of sp³-hybridized carbons (Fsp3) is 0.364. The molecule has 0 aromatic heterocycles. The van der Waals surface area contributed by atoms with E-state index in [1.165, 1.54) is 12.0 Å². The molecule has 0 radical (unpaired) electrons. The fourth-order valence-electron chi connectivity index (χ4n) is 3.88. The van der Waals surface area contributed by atoms with Crippen molar-refractivity contribution in [2.45, 2.75) is 37.5 Å². The molecule has 5 heteroatoms. The Bertz CT molecular complexity index is 791. The van der Waals surface area contributed by atoms with Crippen molar-refractivity contribution in [2.24, 2.45) is 5.73 Å². The molecule has 1 aliphatic carbocycles. The Labute approximate surface area is 159 Å². The predicted molar refractivity (Wildman–Crippen MR) is 105 cm³/mol. The largest absolute Gasteiger partial charge is 0.497 e. The first kappa shape index (κ1) is 19.0. The topological polar surface area (TPSA) is 81.4 Å². The van der Waals surface area contributed by atoms with Crippen molar-refractivity contribution < 1.29 is 14.3 Å². The molecule has 0 atom stereocenters. The zero-order chi connectivity index (χ0) is 19.3. The number of primary amides is 1. The van der Waals surface area contributed by atoms with E-state index in [0.29, 0.717) is 17.7 Å². The van der Waals surface area contributed by atoms with E-state index in [1.54, 1.807) is 31.4 Å². The summed E-state index contributed by atoms with van der Waals surface area (Å²) >= 11 is 0. The molecule has 5 nitrogen and oxygen atoms in total. The molecule has 3 N–H and O–H groups in total. The molecule has 2 aromatic carbocycles. The Hall–Kier alpha value is -2.82. The average molecular weight is 366 g/mol. The van der Waals surface area contributed by atoms with Gasteiger partial charge in [-0.3, -0.25) is 9.59 Å². The second-order valence-corrected chi connectivity index (χ2v) is 7.19. The van der Waals surface area contributed by atoms with Gasteiger partial charge in [0.15, 0.2) is 0 Å². The molecule has 0 saturated heterocycles. The number of hydrogen-bond acceptors (Lipinski definition) is 3. The number of carbonyl (C=O) groups excluding carboxylic acids is 2. The van der Waals surface area contributed by atoms with E-state index in [1.807, 2.05) is 12.1 Å². The lowest BCUT2D eigenvalue weighted by atomic mass is 9.69. The first-order valence-electron chi connectivity index (χ1n) is 9.37. The minimum atomic E-state index is -0.498. The second-order valence-electron chi connectivity index (χ2n) is 7.19. The summed E-state index contributed by atoms with van der Waals surface area (Å²) in [6.45, 7) is 0.593. The van der Waals surface area contributed by atoms with E-state index in [9.17, 15) is 9.59 Å². The summed E-state index contributed by atoms with van der Waals surface area (Å²) < 4.78 is 5.27. The summed E-state index contributed by atoms with van der Waals surface area (Å²) in [5.74, 6) is 0.204. The molecule has 0 aliphatic heterocycles. The number of benzene rings is 2. The van der Waals surface area contributed by atoms with Crippen molar-refractivity contribution in [2.75, 3.05) is 13.7 Å². The van der Waals surface area contributed by atoms with E-state index in [0.717, 1.165) is 31.4 Å². The molecule has 142 valence electrons. The van der Waals surface area contributed by atoms with Crippen molar-refractivity contribution in [1.82, 2.24) is 5.32 Å². The first-order chi connectivity index (χ1) is 13.0. The van der Waals surface area contributed by atoms with Crippen LogP contribution in [0.4, 0.5) is 0 Å². The number of rotatable bonds is 6. The van der Waals surface area contributed by atoms with Crippen molar-refractivity contribution in [3.63, 3.8) is 0 Å². The third-order valence-electron chi connectivity index (χ3n) is 5.53. The maximum atomic E-state index is 12.6. The van der Waals surface area contributed by atoms with Crippen LogP contribution in [0.25, 0.3) is 0 Å². The van der Waals surface area contributed by atoms with Crippen LogP contribution in [0, 0.1) is 0 Å². The highest BCUT2D eigenvalue weighted by Crippen LogP contribution is 2.39. The molecule has 27 heavy (non-hydrogen) atoms. The maximum Gasteiger partial charge on any atom is 0.251 e. The van der Waals surface area contributed by atoms with Gasteiger partial charge in [-0.2, -0.15) is 0 Å². The highest BCUT2D eigenvalue weighted by molar-refractivity contribution is 5.97. The Morgan fingerprint density at radius 3 is 2.11 bits per heavy atom. The molecule has 2 aromatic rings. The van der Waals surface area contributed by atoms with Crippen LogP contribution in [0.5, 0.6) is 5.75 Å². The summed E-state index contributed by atoms with van der Waals surface area (Å²) in [6, 6.07) is 14.6. The summed E-state index contributed by atoms with van der Waals surface area (Å²) in [7, 11) is 1.66. The van der Waals surface area contributed by atoms with Crippen molar-refractivity contribution in [3.05, 3.63) is 65.2 Å². The van der Waals surface area contributed by atoms with Crippen LogP contribution in [0.1, 0.15) is 58.4 Å². The zero-order valence-electron chi connectivity index (χ0n) is 15.7. The van der Waals surface area contributed by atoms with Gasteiger partial charge in [0.1, 0.15) is 5.75 Å². The monoisotopic (exact) mass is 366 g/mol. The number of ether oxygens (including phenoxy) is 1. The van der Waals surface area contributed by atoms with Gasteiger partial charge in [0.25, 0.3) is 5.91 Å². The molecule has 0 heterocycles. The number of hydrogen-bond donors (Lipinski definition) is 2. The second kappa shape index (κ2) is 8.25. The van der Waals surface area contributed by atoms with Gasteiger partial charge in [-0.05, 0) is 54.8 Å². The van der Waals surface area contributed by atoms with Crippen molar-refractivity contribution in [3.8, 4) is 5.75 Å². The van der Waals surface area contributed by atoms with Crippen molar-refractivity contribution in [1.29, 1.82) is 0 Å². The van der Waals surface area contributed by atoms with Gasteiger partial charge in [0, 0.05) is 23.1 Å². The van der Waals surface area contributed by atoms with Crippen LogP contribution < -0.4 is 15.8 Å². The Balaban J connectivity index is 1.74. The molecule has 0 bridgehead atoms. The van der Waals surface area contributed by atoms with Crippen LogP contribution in [-0.4, -0.2) is 25.5 Å². The molecule has 0 spiro atoms. The van der Waals surface area contributed by atoms with Gasteiger partial charge in [0.2, 0.25) is 5.91 Å². The molecular formula is C22H26N2O3. The molecular weight excluding hydrogens is 340 g/mol. The Morgan fingerprint density at radius 1 is 0.963 bits per heavy atom. The smallest absolute Gasteiger partial charge is 0.251 e. The number of carbonyl (C=O) groups is 2. The lowest BCUT2D eigenvalue weighted by molar-refractivity contribution is 0.0934.